The lowest BCUT2D eigenvalue weighted by atomic mass is 9.92. The molecule has 0 saturated heterocycles. The summed E-state index contributed by atoms with van der Waals surface area (Å²) >= 11 is 0. The Balaban J connectivity index is 0.00000121. The smallest absolute Gasteiger partial charge is 0.0142 e. The van der Waals surface area contributed by atoms with Crippen molar-refractivity contribution in [2.75, 3.05) is 0 Å². The van der Waals surface area contributed by atoms with E-state index in [-0.39, 0.29) is 24.8 Å². The Morgan fingerprint density at radius 3 is 2.36 bits per heavy atom. The van der Waals surface area contributed by atoms with Gasteiger partial charge in [0.2, 0.25) is 0 Å². The summed E-state index contributed by atoms with van der Waals surface area (Å²) in [5, 5.41) is 3.83. The predicted octanol–water partition coefficient (Wildman–Crippen LogP) is 4.18. The van der Waals surface area contributed by atoms with E-state index in [2.05, 4.69) is 48.6 Å². The summed E-state index contributed by atoms with van der Waals surface area (Å²) in [5.41, 5.74) is 8.80. The van der Waals surface area contributed by atoms with Gasteiger partial charge in [-0.2, -0.15) is 0 Å². The first kappa shape index (κ1) is 19.5. The fourth-order valence-corrected chi connectivity index (χ4v) is 3.39. The normalized spacial score (nSPS) is 30.9. The van der Waals surface area contributed by atoms with Crippen LogP contribution in [0.1, 0.15) is 44.6 Å². The Morgan fingerprint density at radius 2 is 1.73 bits per heavy atom. The molecule has 1 aromatic carbocycles. The summed E-state index contributed by atoms with van der Waals surface area (Å²) in [4.78, 5) is 0. The van der Waals surface area contributed by atoms with Crippen LogP contribution in [0.25, 0.3) is 6.08 Å². The van der Waals surface area contributed by atoms with Crippen molar-refractivity contribution < 1.29 is 0 Å². The van der Waals surface area contributed by atoms with Gasteiger partial charge in [0.05, 0.1) is 0 Å². The van der Waals surface area contributed by atoms with Gasteiger partial charge in [-0.05, 0) is 50.5 Å². The van der Waals surface area contributed by atoms with Gasteiger partial charge in [0.25, 0.3) is 0 Å². The molecule has 22 heavy (non-hydrogen) atoms. The summed E-state index contributed by atoms with van der Waals surface area (Å²) in [5.74, 6) is 0.741. The fraction of sp³-hybridized carbons (Fsp3) is 0.556. The highest BCUT2D eigenvalue weighted by Crippen LogP contribution is 2.39. The van der Waals surface area contributed by atoms with Gasteiger partial charge < -0.3 is 11.1 Å². The number of halogens is 2. The molecule has 2 aliphatic rings. The lowest BCUT2D eigenvalue weighted by Gasteiger charge is -2.27. The molecule has 3 rings (SSSR count). The van der Waals surface area contributed by atoms with Crippen molar-refractivity contribution in [3.63, 3.8) is 0 Å². The van der Waals surface area contributed by atoms with Crippen LogP contribution in [0.3, 0.4) is 0 Å². The third kappa shape index (κ3) is 5.27. The van der Waals surface area contributed by atoms with Crippen LogP contribution in [-0.2, 0) is 0 Å². The minimum atomic E-state index is 0. The Labute approximate surface area is 146 Å². The van der Waals surface area contributed by atoms with E-state index >= 15 is 0 Å². The van der Waals surface area contributed by atoms with E-state index in [9.17, 15) is 0 Å². The van der Waals surface area contributed by atoms with Crippen LogP contribution in [0.15, 0.2) is 35.9 Å². The van der Waals surface area contributed by atoms with Crippen molar-refractivity contribution in [1.82, 2.24) is 5.32 Å². The average Bonchev–Trinajstić information content (AvgIpc) is 3.22. The zero-order chi connectivity index (χ0) is 13.9. The highest BCUT2D eigenvalue weighted by atomic mass is 35.5. The van der Waals surface area contributed by atoms with Gasteiger partial charge in [-0.1, -0.05) is 42.0 Å². The molecule has 2 fully saturated rings. The molecule has 0 aliphatic heterocycles. The van der Waals surface area contributed by atoms with E-state index in [1.807, 2.05) is 0 Å². The topological polar surface area (TPSA) is 38.0 Å². The molecule has 2 saturated carbocycles. The largest absolute Gasteiger partial charge is 0.328 e. The van der Waals surface area contributed by atoms with E-state index in [0.29, 0.717) is 18.1 Å². The summed E-state index contributed by atoms with van der Waals surface area (Å²) in [6, 6.07) is 12.5. The maximum atomic E-state index is 5.97. The average molecular weight is 343 g/mol. The number of hydrogen-bond donors (Lipinski definition) is 2. The van der Waals surface area contributed by atoms with Crippen molar-refractivity contribution in [2.24, 2.45) is 11.7 Å². The maximum Gasteiger partial charge on any atom is 0.0142 e. The third-order valence-electron chi connectivity index (χ3n) is 4.79. The third-order valence-corrected chi connectivity index (χ3v) is 4.79. The zero-order valence-electron chi connectivity index (χ0n) is 13.2. The summed E-state index contributed by atoms with van der Waals surface area (Å²) < 4.78 is 0. The van der Waals surface area contributed by atoms with Crippen molar-refractivity contribution in [3.8, 4) is 0 Å². The first-order chi connectivity index (χ1) is 9.72. The second-order valence-corrected chi connectivity index (χ2v) is 6.53. The van der Waals surface area contributed by atoms with Crippen molar-refractivity contribution in [3.05, 3.63) is 41.5 Å². The van der Waals surface area contributed by atoms with Gasteiger partial charge in [-0.25, -0.2) is 0 Å². The molecule has 0 amide bonds. The molecule has 0 aromatic heterocycles. The van der Waals surface area contributed by atoms with Crippen molar-refractivity contribution >= 4 is 30.9 Å². The zero-order valence-corrected chi connectivity index (χ0v) is 14.8. The minimum absolute atomic E-state index is 0. The van der Waals surface area contributed by atoms with Gasteiger partial charge in [0, 0.05) is 18.1 Å². The molecule has 1 aromatic rings. The molecular formula is C18H28Cl2N2. The van der Waals surface area contributed by atoms with Crippen LogP contribution < -0.4 is 11.1 Å². The maximum absolute atomic E-state index is 5.97. The Morgan fingerprint density at radius 1 is 1.09 bits per heavy atom. The monoisotopic (exact) mass is 342 g/mol. The van der Waals surface area contributed by atoms with Crippen LogP contribution in [0.5, 0.6) is 0 Å². The molecule has 0 radical (unpaired) electrons. The van der Waals surface area contributed by atoms with Crippen LogP contribution in [0.4, 0.5) is 0 Å². The summed E-state index contributed by atoms with van der Waals surface area (Å²) in [6.45, 7) is 2.27. The fourth-order valence-electron chi connectivity index (χ4n) is 3.39. The summed E-state index contributed by atoms with van der Waals surface area (Å²) in [7, 11) is 0. The molecule has 2 atom stereocenters. The second-order valence-electron chi connectivity index (χ2n) is 6.53. The SMILES string of the molecule is C/C(=C\c1ccccc1)[C@@H]1C[C@H]1NC1CCC(N)CC1.Cl.Cl. The van der Waals surface area contributed by atoms with Crippen molar-refractivity contribution in [2.45, 2.75) is 57.2 Å². The molecule has 4 heteroatoms. The molecule has 0 spiro atoms. The molecule has 124 valence electrons. The van der Waals surface area contributed by atoms with Gasteiger partial charge in [-0.3, -0.25) is 0 Å². The Bertz CT molecular complexity index is 467. The Hall–Kier alpha value is -0.540. The molecule has 2 aliphatic carbocycles. The first-order valence-corrected chi connectivity index (χ1v) is 7.97. The lowest BCUT2D eigenvalue weighted by Crippen LogP contribution is -2.38. The van der Waals surface area contributed by atoms with Gasteiger partial charge in [-0.15, -0.1) is 24.8 Å². The van der Waals surface area contributed by atoms with E-state index in [1.165, 1.54) is 43.2 Å². The number of rotatable bonds is 4. The highest BCUT2D eigenvalue weighted by molar-refractivity contribution is 5.85. The molecule has 3 N–H and O–H groups in total. The predicted molar refractivity (Wildman–Crippen MR) is 99.9 cm³/mol. The van der Waals surface area contributed by atoms with E-state index in [0.717, 1.165) is 5.92 Å². The Kier molecular flexibility index (Phi) is 7.92. The number of nitrogens with two attached hydrogens (primary N) is 1. The number of benzene rings is 1. The quantitative estimate of drug-likeness (QED) is 0.861. The van der Waals surface area contributed by atoms with E-state index in [4.69, 9.17) is 5.73 Å². The summed E-state index contributed by atoms with van der Waals surface area (Å²) in [6.07, 6.45) is 8.53. The van der Waals surface area contributed by atoms with E-state index in [1.54, 1.807) is 0 Å². The van der Waals surface area contributed by atoms with Crippen LogP contribution in [-0.4, -0.2) is 18.1 Å². The molecule has 2 nitrogen and oxygen atoms in total. The van der Waals surface area contributed by atoms with Crippen molar-refractivity contribution in [1.29, 1.82) is 0 Å². The minimum Gasteiger partial charge on any atom is -0.328 e. The molecule has 0 bridgehead atoms. The number of hydrogen-bond acceptors (Lipinski definition) is 2. The van der Waals surface area contributed by atoms with Crippen LogP contribution in [0, 0.1) is 5.92 Å². The van der Waals surface area contributed by atoms with Gasteiger partial charge in [0.15, 0.2) is 0 Å². The molecular weight excluding hydrogens is 315 g/mol. The van der Waals surface area contributed by atoms with Crippen LogP contribution >= 0.6 is 24.8 Å². The standard InChI is InChI=1S/C18H26N2.2ClH/c1-13(11-14-5-3-2-4-6-14)17-12-18(17)20-16-9-7-15(19)8-10-16;;/h2-6,11,15-18,20H,7-10,12,19H2,1H3;2*1H/b13-11+;;/t15?,16?,17-,18+;;/m0../s1. The lowest BCUT2D eigenvalue weighted by molar-refractivity contribution is 0.338. The van der Waals surface area contributed by atoms with E-state index < -0.39 is 0 Å². The number of nitrogens with one attached hydrogen (secondary N) is 1. The van der Waals surface area contributed by atoms with Gasteiger partial charge >= 0.3 is 0 Å². The first-order valence-electron chi connectivity index (χ1n) is 7.97. The highest BCUT2D eigenvalue weighted by Gasteiger charge is 2.39. The van der Waals surface area contributed by atoms with Crippen LogP contribution in [0.2, 0.25) is 0 Å². The molecule has 0 heterocycles. The second kappa shape index (κ2) is 8.93. The van der Waals surface area contributed by atoms with Gasteiger partial charge in [0.1, 0.15) is 0 Å². The molecule has 0 unspecified atom stereocenters.